The molecule has 198 valence electrons. The summed E-state index contributed by atoms with van der Waals surface area (Å²) in [7, 11) is 0. The molecule has 0 N–H and O–H groups in total. The largest absolute Gasteiger partial charge is 0.255 e. The number of hydrogen-bond acceptors (Lipinski definition) is 13. The average Bonchev–Trinajstić information content (AvgIpc) is 3.09. The molecule has 0 unspecified atom stereocenters. The summed E-state index contributed by atoms with van der Waals surface area (Å²) in [4.78, 5) is 32.0. The standard InChI is InChI=1S/C29H17N13/c1-4-10-30-19(7-1)24-15-33-40-27(37-24)18-13-22(28-38-25(16-34-41-28)20-8-2-5-11-31-20)36-23(14-18)29-39-26(17-35-42-29)21-9-3-6-12-32-21/h1-17H. The first-order chi connectivity index (χ1) is 20.8. The van der Waals surface area contributed by atoms with Gasteiger partial charge in [0.15, 0.2) is 5.82 Å². The van der Waals surface area contributed by atoms with E-state index >= 15 is 0 Å². The van der Waals surface area contributed by atoms with Crippen molar-refractivity contribution in [3.05, 3.63) is 104 Å². The van der Waals surface area contributed by atoms with Crippen LogP contribution in [0, 0.1) is 0 Å². The van der Waals surface area contributed by atoms with Crippen molar-refractivity contribution in [2.45, 2.75) is 0 Å². The molecule has 0 aliphatic rings. The lowest BCUT2D eigenvalue weighted by molar-refractivity contribution is 0.955. The third-order valence-electron chi connectivity index (χ3n) is 6.00. The van der Waals surface area contributed by atoms with Crippen LogP contribution in [-0.4, -0.2) is 65.5 Å². The Balaban J connectivity index is 1.38. The maximum absolute atomic E-state index is 4.79. The zero-order valence-electron chi connectivity index (χ0n) is 21.6. The fourth-order valence-electron chi connectivity index (χ4n) is 4.05. The van der Waals surface area contributed by atoms with E-state index in [-0.39, 0.29) is 11.6 Å². The molecule has 7 rings (SSSR count). The molecule has 7 aromatic heterocycles. The van der Waals surface area contributed by atoms with Gasteiger partial charge >= 0.3 is 0 Å². The molecule has 7 heterocycles. The molecule has 42 heavy (non-hydrogen) atoms. The van der Waals surface area contributed by atoms with Crippen LogP contribution in [0.3, 0.4) is 0 Å². The van der Waals surface area contributed by atoms with E-state index < -0.39 is 0 Å². The second-order valence-corrected chi connectivity index (χ2v) is 8.77. The van der Waals surface area contributed by atoms with Crippen LogP contribution in [0.4, 0.5) is 0 Å². The summed E-state index contributed by atoms with van der Waals surface area (Å²) < 4.78 is 0. The number of rotatable bonds is 6. The minimum atomic E-state index is 0.268. The summed E-state index contributed by atoms with van der Waals surface area (Å²) in [6, 6.07) is 20.2. The lowest BCUT2D eigenvalue weighted by Gasteiger charge is -2.09. The van der Waals surface area contributed by atoms with E-state index in [2.05, 4.69) is 55.5 Å². The first kappa shape index (κ1) is 24.7. The minimum absolute atomic E-state index is 0.268. The zero-order chi connectivity index (χ0) is 28.1. The van der Waals surface area contributed by atoms with Crippen LogP contribution < -0.4 is 0 Å². The molecule has 0 saturated carbocycles. The highest BCUT2D eigenvalue weighted by Crippen LogP contribution is 2.28. The van der Waals surface area contributed by atoms with Gasteiger partial charge in [-0.25, -0.2) is 19.9 Å². The maximum atomic E-state index is 4.79. The second kappa shape index (κ2) is 11.0. The van der Waals surface area contributed by atoms with Crippen molar-refractivity contribution in [3.63, 3.8) is 0 Å². The summed E-state index contributed by atoms with van der Waals surface area (Å²) in [6.07, 6.45) is 9.71. The molecular weight excluding hydrogens is 530 g/mol. The summed E-state index contributed by atoms with van der Waals surface area (Å²) in [5.74, 6) is 0.874. The number of aromatic nitrogens is 13. The highest BCUT2D eigenvalue weighted by molar-refractivity contribution is 5.71. The maximum Gasteiger partial charge on any atom is 0.201 e. The number of nitrogens with zero attached hydrogens (tertiary/aromatic N) is 13. The summed E-state index contributed by atoms with van der Waals surface area (Å²) >= 11 is 0. The van der Waals surface area contributed by atoms with Crippen LogP contribution in [0.2, 0.25) is 0 Å². The third-order valence-corrected chi connectivity index (χ3v) is 6.00. The van der Waals surface area contributed by atoms with Crippen LogP contribution >= 0.6 is 0 Å². The van der Waals surface area contributed by atoms with Crippen molar-refractivity contribution >= 4 is 0 Å². The molecule has 7 aromatic rings. The molecule has 0 aromatic carbocycles. The van der Waals surface area contributed by atoms with Gasteiger partial charge in [0, 0.05) is 24.2 Å². The smallest absolute Gasteiger partial charge is 0.201 e. The van der Waals surface area contributed by atoms with Crippen LogP contribution in [0.15, 0.2) is 104 Å². The molecule has 0 aliphatic carbocycles. The number of hydrogen-bond donors (Lipinski definition) is 0. The van der Waals surface area contributed by atoms with E-state index in [1.807, 2.05) is 54.6 Å². The van der Waals surface area contributed by atoms with Crippen molar-refractivity contribution < 1.29 is 0 Å². The Labute approximate surface area is 238 Å². The number of pyridine rings is 4. The van der Waals surface area contributed by atoms with Gasteiger partial charge in [0.05, 0.1) is 35.7 Å². The lowest BCUT2D eigenvalue weighted by Crippen LogP contribution is -2.03. The molecule has 0 atom stereocenters. The Kier molecular flexibility index (Phi) is 6.47. The fourth-order valence-corrected chi connectivity index (χ4v) is 4.05. The Morgan fingerprint density at radius 1 is 0.357 bits per heavy atom. The SMILES string of the molecule is c1ccc(-c2cnnc(-c3cc(-c4nncc(-c5ccccn5)n4)nc(-c4nncc(-c5ccccn5)n4)c3)n2)nc1. The Hall–Kier alpha value is -6.37. The van der Waals surface area contributed by atoms with Gasteiger partial charge in [0.1, 0.15) is 28.5 Å². The first-order valence-corrected chi connectivity index (χ1v) is 12.7. The Bertz CT molecular complexity index is 1750. The van der Waals surface area contributed by atoms with Gasteiger partial charge in [0.25, 0.3) is 0 Å². The zero-order valence-corrected chi connectivity index (χ0v) is 21.6. The van der Waals surface area contributed by atoms with E-state index in [0.29, 0.717) is 56.9 Å². The molecule has 13 heteroatoms. The molecule has 0 aliphatic heterocycles. The molecule has 0 saturated heterocycles. The van der Waals surface area contributed by atoms with Gasteiger partial charge in [0.2, 0.25) is 11.6 Å². The fraction of sp³-hybridized carbons (Fsp3) is 0. The van der Waals surface area contributed by atoms with E-state index in [0.717, 1.165) is 0 Å². The van der Waals surface area contributed by atoms with Crippen molar-refractivity contribution in [1.29, 1.82) is 0 Å². The van der Waals surface area contributed by atoms with Crippen LogP contribution in [0.1, 0.15) is 0 Å². The topological polar surface area (TPSA) is 168 Å². The van der Waals surface area contributed by atoms with Crippen molar-refractivity contribution in [2.24, 2.45) is 0 Å². The Morgan fingerprint density at radius 3 is 1.17 bits per heavy atom. The molecule has 0 spiro atoms. The second-order valence-electron chi connectivity index (χ2n) is 8.77. The van der Waals surface area contributed by atoms with Crippen LogP contribution in [0.5, 0.6) is 0 Å². The highest BCUT2D eigenvalue weighted by Gasteiger charge is 2.17. The molecule has 0 radical (unpaired) electrons. The van der Waals surface area contributed by atoms with Gasteiger partial charge in [-0.05, 0) is 48.5 Å². The predicted octanol–water partition coefficient (Wildman–Crippen LogP) is 3.82. The quantitative estimate of drug-likeness (QED) is 0.295. The van der Waals surface area contributed by atoms with Crippen LogP contribution in [0.25, 0.3) is 68.6 Å². The van der Waals surface area contributed by atoms with Crippen molar-refractivity contribution in [1.82, 2.24) is 65.5 Å². The molecule has 0 bridgehead atoms. The first-order valence-electron chi connectivity index (χ1n) is 12.7. The summed E-state index contributed by atoms with van der Waals surface area (Å²) in [5.41, 5.74) is 4.98. The van der Waals surface area contributed by atoms with Crippen molar-refractivity contribution in [2.75, 3.05) is 0 Å². The minimum Gasteiger partial charge on any atom is -0.255 e. The molecule has 0 amide bonds. The third kappa shape index (κ3) is 5.12. The summed E-state index contributed by atoms with van der Waals surface area (Å²) in [5, 5.41) is 25.3. The summed E-state index contributed by atoms with van der Waals surface area (Å²) in [6.45, 7) is 0. The molecule has 0 fully saturated rings. The van der Waals surface area contributed by atoms with Gasteiger partial charge in [-0.3, -0.25) is 15.0 Å². The van der Waals surface area contributed by atoms with E-state index in [1.54, 1.807) is 49.3 Å². The highest BCUT2D eigenvalue weighted by atomic mass is 15.2. The van der Waals surface area contributed by atoms with Crippen LogP contribution in [-0.2, 0) is 0 Å². The predicted molar refractivity (Wildman–Crippen MR) is 150 cm³/mol. The average molecular weight is 548 g/mol. The van der Waals surface area contributed by atoms with Gasteiger partial charge < -0.3 is 0 Å². The van der Waals surface area contributed by atoms with Crippen molar-refractivity contribution in [3.8, 4) is 68.6 Å². The molecule has 13 nitrogen and oxygen atoms in total. The van der Waals surface area contributed by atoms with Gasteiger partial charge in [-0.1, -0.05) is 18.2 Å². The van der Waals surface area contributed by atoms with E-state index in [4.69, 9.17) is 9.97 Å². The Morgan fingerprint density at radius 2 is 0.762 bits per heavy atom. The molecular formula is C29H17N13. The van der Waals surface area contributed by atoms with E-state index in [9.17, 15) is 0 Å². The van der Waals surface area contributed by atoms with Gasteiger partial charge in [-0.15, -0.1) is 15.3 Å². The van der Waals surface area contributed by atoms with E-state index in [1.165, 1.54) is 0 Å². The lowest BCUT2D eigenvalue weighted by atomic mass is 10.1. The monoisotopic (exact) mass is 547 g/mol. The van der Waals surface area contributed by atoms with Gasteiger partial charge in [-0.2, -0.15) is 15.3 Å². The normalized spacial score (nSPS) is 10.9.